The smallest absolute Gasteiger partial charge is 0.326 e. The molecule has 3 aromatic carbocycles. The van der Waals surface area contributed by atoms with E-state index in [1.807, 2.05) is 24.3 Å². The molecule has 0 bridgehead atoms. The number of hydrogen-bond acceptors (Lipinski definition) is 4. The highest BCUT2D eigenvalue weighted by molar-refractivity contribution is 6.40. The zero-order chi connectivity index (χ0) is 25.4. The third-order valence-electron chi connectivity index (χ3n) is 6.32. The monoisotopic (exact) mass is 545 g/mol. The Morgan fingerprint density at radius 1 is 1.03 bits per heavy atom. The van der Waals surface area contributed by atoms with Gasteiger partial charge in [0.15, 0.2) is 0 Å². The van der Waals surface area contributed by atoms with Crippen LogP contribution in [-0.4, -0.2) is 47.7 Å². The summed E-state index contributed by atoms with van der Waals surface area (Å²) in [5.41, 5.74) is 3.34. The van der Waals surface area contributed by atoms with Gasteiger partial charge in [0, 0.05) is 41.7 Å². The number of rotatable bonds is 5. The molecule has 2 heterocycles. The van der Waals surface area contributed by atoms with Crippen LogP contribution in [0.25, 0.3) is 11.1 Å². The van der Waals surface area contributed by atoms with E-state index < -0.39 is 6.61 Å². The maximum absolute atomic E-state index is 13.1. The number of nitrogens with one attached hydrogen (secondary N) is 1. The SMILES string of the molecule is O=C(CO)N1CCC(Oc2cc(-c3ccccc3Cl)c3c(c2)N(c2c(Cl)cccc2Cl)C(=O)NC3)C1. The van der Waals surface area contributed by atoms with E-state index >= 15 is 0 Å². The van der Waals surface area contributed by atoms with E-state index in [2.05, 4.69) is 5.32 Å². The van der Waals surface area contributed by atoms with E-state index in [9.17, 15) is 14.7 Å². The Labute approximate surface area is 223 Å². The lowest BCUT2D eigenvalue weighted by Gasteiger charge is -2.33. The zero-order valence-corrected chi connectivity index (χ0v) is 21.3. The minimum absolute atomic E-state index is 0.271. The number of nitrogens with zero attached hydrogens (tertiary/aromatic N) is 2. The Morgan fingerprint density at radius 3 is 2.47 bits per heavy atom. The maximum Gasteiger partial charge on any atom is 0.326 e. The topological polar surface area (TPSA) is 82.1 Å². The van der Waals surface area contributed by atoms with Crippen molar-refractivity contribution in [2.24, 2.45) is 0 Å². The summed E-state index contributed by atoms with van der Waals surface area (Å²) >= 11 is 19.6. The first-order valence-corrected chi connectivity index (χ1v) is 12.5. The van der Waals surface area contributed by atoms with Gasteiger partial charge in [-0.25, -0.2) is 4.79 Å². The number of carbonyl (C=O) groups is 2. The number of carbonyl (C=O) groups excluding carboxylic acids is 2. The number of amides is 3. The van der Waals surface area contributed by atoms with Gasteiger partial charge in [0.1, 0.15) is 18.5 Å². The number of anilines is 2. The molecule has 0 spiro atoms. The molecule has 0 radical (unpaired) electrons. The summed E-state index contributed by atoms with van der Waals surface area (Å²) in [4.78, 5) is 28.1. The minimum atomic E-state index is -0.537. The van der Waals surface area contributed by atoms with Crippen molar-refractivity contribution in [3.63, 3.8) is 0 Å². The summed E-state index contributed by atoms with van der Waals surface area (Å²) in [6, 6.07) is 15.8. The summed E-state index contributed by atoms with van der Waals surface area (Å²) < 4.78 is 6.31. The van der Waals surface area contributed by atoms with Gasteiger partial charge in [-0.05, 0) is 29.8 Å². The number of urea groups is 1. The molecule has 3 aromatic rings. The van der Waals surface area contributed by atoms with E-state index in [1.54, 1.807) is 35.2 Å². The molecule has 36 heavy (non-hydrogen) atoms. The number of para-hydroxylation sites is 1. The van der Waals surface area contributed by atoms with Crippen molar-refractivity contribution in [2.75, 3.05) is 24.6 Å². The molecule has 2 aliphatic heterocycles. The fourth-order valence-electron chi connectivity index (χ4n) is 4.62. The Kier molecular flexibility index (Phi) is 6.99. The maximum atomic E-state index is 13.1. The minimum Gasteiger partial charge on any atom is -0.488 e. The Balaban J connectivity index is 1.63. The fraction of sp³-hybridized carbons (Fsp3) is 0.231. The van der Waals surface area contributed by atoms with Crippen LogP contribution in [0.2, 0.25) is 15.1 Å². The molecular formula is C26H22Cl3N3O4. The van der Waals surface area contributed by atoms with Crippen LogP contribution in [0.5, 0.6) is 5.75 Å². The van der Waals surface area contributed by atoms with E-state index in [1.165, 1.54) is 4.90 Å². The first kappa shape index (κ1) is 24.7. The fourth-order valence-corrected chi connectivity index (χ4v) is 5.43. The molecule has 186 valence electrons. The highest BCUT2D eigenvalue weighted by Gasteiger charge is 2.33. The average Bonchev–Trinajstić information content (AvgIpc) is 3.33. The van der Waals surface area contributed by atoms with Gasteiger partial charge >= 0.3 is 6.03 Å². The van der Waals surface area contributed by atoms with Crippen molar-refractivity contribution in [2.45, 2.75) is 19.1 Å². The molecule has 1 saturated heterocycles. The Hall–Kier alpha value is -2.97. The van der Waals surface area contributed by atoms with Crippen molar-refractivity contribution < 1.29 is 19.4 Å². The van der Waals surface area contributed by atoms with Crippen LogP contribution < -0.4 is 15.0 Å². The van der Waals surface area contributed by atoms with E-state index in [4.69, 9.17) is 39.5 Å². The van der Waals surface area contributed by atoms with Gasteiger partial charge in [-0.1, -0.05) is 59.1 Å². The molecule has 0 aromatic heterocycles. The standard InChI is InChI=1S/C26H22Cl3N3O4/c27-20-5-2-1-4-17(20)18-10-16(36-15-8-9-31(13-15)24(34)14-33)11-23-19(18)12-30-26(35)32(23)25-21(28)6-3-7-22(25)29/h1-7,10-11,15,33H,8-9,12-14H2,(H,30,35). The Bertz CT molecular complexity index is 1330. The molecule has 1 atom stereocenters. The zero-order valence-electron chi connectivity index (χ0n) is 19.0. The third-order valence-corrected chi connectivity index (χ3v) is 7.26. The second-order valence-electron chi connectivity index (χ2n) is 8.54. The van der Waals surface area contributed by atoms with E-state index in [0.717, 1.165) is 16.7 Å². The quantitative estimate of drug-likeness (QED) is 0.433. The van der Waals surface area contributed by atoms with Gasteiger partial charge in [-0.15, -0.1) is 0 Å². The van der Waals surface area contributed by atoms with Crippen LogP contribution in [-0.2, 0) is 11.3 Å². The molecule has 0 saturated carbocycles. The lowest BCUT2D eigenvalue weighted by atomic mass is 9.95. The van der Waals surface area contributed by atoms with Gasteiger partial charge < -0.3 is 20.1 Å². The summed E-state index contributed by atoms with van der Waals surface area (Å²) in [5.74, 6) is 0.175. The summed E-state index contributed by atoms with van der Waals surface area (Å²) in [6.07, 6.45) is 0.345. The third kappa shape index (κ3) is 4.60. The number of aliphatic hydroxyl groups is 1. The molecular weight excluding hydrogens is 525 g/mol. The number of hydrogen-bond donors (Lipinski definition) is 2. The lowest BCUT2D eigenvalue weighted by Crippen LogP contribution is -2.41. The van der Waals surface area contributed by atoms with Gasteiger partial charge in [0.25, 0.3) is 0 Å². The summed E-state index contributed by atoms with van der Waals surface area (Å²) in [5, 5.41) is 13.3. The van der Waals surface area contributed by atoms with Crippen molar-refractivity contribution in [1.82, 2.24) is 10.2 Å². The number of fused-ring (bicyclic) bond motifs is 1. The molecule has 7 nitrogen and oxygen atoms in total. The number of benzene rings is 3. The first-order chi connectivity index (χ1) is 17.4. The summed E-state index contributed by atoms with van der Waals surface area (Å²) in [7, 11) is 0. The van der Waals surface area contributed by atoms with Gasteiger partial charge in [-0.3, -0.25) is 9.69 Å². The van der Waals surface area contributed by atoms with Crippen molar-refractivity contribution in [3.05, 3.63) is 75.2 Å². The Morgan fingerprint density at radius 2 is 1.75 bits per heavy atom. The predicted octanol–water partition coefficient (Wildman–Crippen LogP) is 5.65. The molecule has 10 heteroatoms. The number of likely N-dealkylation sites (tertiary alicyclic amines) is 1. The number of halogens is 3. The van der Waals surface area contributed by atoms with E-state index in [0.29, 0.717) is 51.7 Å². The lowest BCUT2D eigenvalue weighted by molar-refractivity contribution is -0.133. The first-order valence-electron chi connectivity index (χ1n) is 11.4. The summed E-state index contributed by atoms with van der Waals surface area (Å²) in [6.45, 7) is 0.593. The second kappa shape index (κ2) is 10.2. The number of ether oxygens (including phenoxy) is 1. The second-order valence-corrected chi connectivity index (χ2v) is 9.76. The molecule has 1 unspecified atom stereocenters. The normalized spacial score (nSPS) is 17.1. The van der Waals surface area contributed by atoms with Crippen LogP contribution in [0.1, 0.15) is 12.0 Å². The number of aliphatic hydroxyl groups excluding tert-OH is 1. The molecule has 0 aliphatic carbocycles. The molecule has 5 rings (SSSR count). The largest absolute Gasteiger partial charge is 0.488 e. The highest BCUT2D eigenvalue weighted by Crippen LogP contribution is 2.46. The van der Waals surface area contributed by atoms with Gasteiger partial charge in [0.2, 0.25) is 5.91 Å². The van der Waals surface area contributed by atoms with Crippen LogP contribution in [0.4, 0.5) is 16.2 Å². The molecule has 2 N–H and O–H groups in total. The molecule has 1 fully saturated rings. The van der Waals surface area contributed by atoms with Crippen molar-refractivity contribution >= 4 is 58.1 Å². The van der Waals surface area contributed by atoms with Crippen LogP contribution in [0, 0.1) is 0 Å². The van der Waals surface area contributed by atoms with Crippen LogP contribution >= 0.6 is 34.8 Å². The van der Waals surface area contributed by atoms with Crippen LogP contribution in [0.3, 0.4) is 0 Å². The van der Waals surface area contributed by atoms with Gasteiger partial charge in [-0.2, -0.15) is 0 Å². The molecule has 3 amide bonds. The average molecular weight is 547 g/mol. The van der Waals surface area contributed by atoms with Crippen LogP contribution in [0.15, 0.2) is 54.6 Å². The van der Waals surface area contributed by atoms with Gasteiger partial charge in [0.05, 0.1) is 28.0 Å². The highest BCUT2D eigenvalue weighted by atomic mass is 35.5. The predicted molar refractivity (Wildman–Crippen MR) is 140 cm³/mol. The van der Waals surface area contributed by atoms with Crippen molar-refractivity contribution in [1.29, 1.82) is 0 Å². The van der Waals surface area contributed by atoms with Crippen molar-refractivity contribution in [3.8, 4) is 16.9 Å². The molecule has 2 aliphatic rings. The van der Waals surface area contributed by atoms with E-state index in [-0.39, 0.29) is 24.6 Å².